The number of aryl methyl sites for hydroxylation is 1. The van der Waals surface area contributed by atoms with Gasteiger partial charge in [0.25, 0.3) is 5.91 Å². The van der Waals surface area contributed by atoms with E-state index in [2.05, 4.69) is 5.32 Å². The number of ether oxygens (including phenoxy) is 2. The summed E-state index contributed by atoms with van der Waals surface area (Å²) in [6.45, 7) is 3.21. The van der Waals surface area contributed by atoms with Gasteiger partial charge in [-0.3, -0.25) is 9.69 Å². The molecule has 0 fully saturated rings. The minimum Gasteiger partial charge on any atom is -0.480 e. The van der Waals surface area contributed by atoms with Gasteiger partial charge >= 0.3 is 12.1 Å². The molecule has 8 nitrogen and oxygen atoms in total. The van der Waals surface area contributed by atoms with Gasteiger partial charge in [-0.25, -0.2) is 9.59 Å². The molecule has 1 aliphatic heterocycles. The van der Waals surface area contributed by atoms with Crippen LogP contribution >= 0.6 is 11.8 Å². The number of benzene rings is 3. The number of carboxylic acid groups (broad SMARTS) is 1. The van der Waals surface area contributed by atoms with Crippen LogP contribution in [0.25, 0.3) is 11.1 Å². The molecular formula is C33H36LiN2O6S. The van der Waals surface area contributed by atoms with E-state index in [1.165, 1.54) is 11.8 Å². The maximum absolute atomic E-state index is 13.3. The second-order valence-electron chi connectivity index (χ2n) is 10.0. The van der Waals surface area contributed by atoms with Crippen LogP contribution in [0.5, 0.6) is 0 Å². The fourth-order valence-corrected chi connectivity index (χ4v) is 5.21. The Kier molecular flexibility index (Phi) is 13.4. The molecule has 1 heterocycles. The molecule has 0 aliphatic carbocycles. The van der Waals surface area contributed by atoms with Crippen LogP contribution in [0.2, 0.25) is 0 Å². The van der Waals surface area contributed by atoms with Crippen LogP contribution in [0.15, 0.2) is 84.6 Å². The molecule has 2 amide bonds. The third-order valence-electron chi connectivity index (χ3n) is 7.00. The zero-order valence-electron chi connectivity index (χ0n) is 24.9. The van der Waals surface area contributed by atoms with Crippen molar-refractivity contribution in [3.63, 3.8) is 0 Å². The van der Waals surface area contributed by atoms with Gasteiger partial charge in [0.2, 0.25) is 0 Å². The molecule has 10 heteroatoms. The van der Waals surface area contributed by atoms with Gasteiger partial charge in [-0.15, -0.1) is 0 Å². The third kappa shape index (κ3) is 9.50. The molecule has 43 heavy (non-hydrogen) atoms. The number of aliphatic carboxylic acids is 1. The zero-order chi connectivity index (χ0) is 29.9. The van der Waals surface area contributed by atoms with Crippen molar-refractivity contribution < 1.29 is 29.0 Å². The maximum Gasteiger partial charge on any atom is 0.414 e. The Morgan fingerprint density at radius 1 is 0.953 bits per heavy atom. The number of nitrogens with zero attached hydrogens (tertiary/aromatic N) is 1. The summed E-state index contributed by atoms with van der Waals surface area (Å²) in [4.78, 5) is 39.4. The molecule has 0 saturated heterocycles. The van der Waals surface area contributed by atoms with Crippen LogP contribution in [-0.2, 0) is 27.5 Å². The number of carbonyl (C=O) groups is 3. The molecule has 3 aromatic carbocycles. The normalized spacial score (nSPS) is 13.1. The average molecular weight is 596 g/mol. The second kappa shape index (κ2) is 17.0. The van der Waals surface area contributed by atoms with Gasteiger partial charge in [0.1, 0.15) is 12.6 Å². The number of amides is 2. The van der Waals surface area contributed by atoms with Crippen molar-refractivity contribution in [3.8, 4) is 11.1 Å². The number of rotatable bonds is 13. The van der Waals surface area contributed by atoms with Crippen LogP contribution < -0.4 is 5.32 Å². The van der Waals surface area contributed by atoms with Crippen molar-refractivity contribution in [2.24, 2.45) is 0 Å². The van der Waals surface area contributed by atoms with E-state index < -0.39 is 24.0 Å². The summed E-state index contributed by atoms with van der Waals surface area (Å²) >= 11 is 1.53. The number of carbonyl (C=O) groups excluding carboxylic acids is 2. The molecule has 0 bridgehead atoms. The van der Waals surface area contributed by atoms with Gasteiger partial charge < -0.3 is 19.9 Å². The smallest absolute Gasteiger partial charge is 0.414 e. The molecule has 0 unspecified atom stereocenters. The van der Waals surface area contributed by atoms with Gasteiger partial charge in [-0.2, -0.15) is 11.8 Å². The molecular weight excluding hydrogens is 559 g/mol. The fourth-order valence-electron chi connectivity index (χ4n) is 4.74. The van der Waals surface area contributed by atoms with Crippen molar-refractivity contribution in [1.29, 1.82) is 0 Å². The predicted molar refractivity (Wildman–Crippen MR) is 170 cm³/mol. The Balaban J connectivity index is 0.00000506. The molecule has 4 rings (SSSR count). The monoisotopic (exact) mass is 595 g/mol. The summed E-state index contributed by atoms with van der Waals surface area (Å²) in [5, 5.41) is 12.3. The first kappa shape index (κ1) is 34.0. The average Bonchev–Trinajstić information content (AvgIpc) is 3.47. The van der Waals surface area contributed by atoms with E-state index in [1.54, 1.807) is 11.0 Å². The minimum atomic E-state index is -1.06. The Hall–Kier alpha value is -3.48. The van der Waals surface area contributed by atoms with Gasteiger partial charge in [-0.1, -0.05) is 66.7 Å². The summed E-state index contributed by atoms with van der Waals surface area (Å²) in [6.07, 6.45) is 4.54. The molecule has 1 aliphatic rings. The topological polar surface area (TPSA) is 105 Å². The predicted octanol–water partition coefficient (Wildman–Crippen LogP) is 5.66. The molecule has 3 aromatic rings. The summed E-state index contributed by atoms with van der Waals surface area (Å²) in [5.74, 6) is -0.870. The summed E-state index contributed by atoms with van der Waals surface area (Å²) in [7, 11) is 0. The van der Waals surface area contributed by atoms with Crippen molar-refractivity contribution in [2.75, 3.05) is 25.2 Å². The number of thioether (sulfide) groups is 1. The minimum absolute atomic E-state index is 0. The molecule has 1 radical (unpaired) electrons. The van der Waals surface area contributed by atoms with E-state index >= 15 is 0 Å². The van der Waals surface area contributed by atoms with Crippen LogP contribution in [0.3, 0.4) is 0 Å². The van der Waals surface area contributed by atoms with E-state index in [1.807, 2.05) is 86.0 Å². The maximum atomic E-state index is 13.3. The van der Waals surface area contributed by atoms with Crippen molar-refractivity contribution in [2.45, 2.75) is 39.0 Å². The molecule has 2 N–H and O–H groups in total. The fraction of sp³-hybridized carbons (Fsp3) is 0.303. The summed E-state index contributed by atoms with van der Waals surface area (Å²) < 4.78 is 11.5. The quantitative estimate of drug-likeness (QED) is 0.246. The Bertz CT molecular complexity index is 1430. The van der Waals surface area contributed by atoms with Gasteiger partial charge in [0.05, 0.1) is 13.2 Å². The van der Waals surface area contributed by atoms with E-state index in [9.17, 15) is 19.5 Å². The molecule has 0 spiro atoms. The largest absolute Gasteiger partial charge is 0.480 e. The van der Waals surface area contributed by atoms with Crippen LogP contribution in [-0.4, -0.2) is 78.0 Å². The van der Waals surface area contributed by atoms with E-state index in [0.29, 0.717) is 29.8 Å². The van der Waals surface area contributed by atoms with Crippen LogP contribution in [0.1, 0.15) is 39.9 Å². The van der Waals surface area contributed by atoms with Crippen molar-refractivity contribution in [3.05, 3.63) is 107 Å². The van der Waals surface area contributed by atoms with Gasteiger partial charge in [0.15, 0.2) is 0 Å². The van der Waals surface area contributed by atoms with E-state index in [4.69, 9.17) is 9.47 Å². The number of hydrogen-bond donors (Lipinski definition) is 2. The SMILES string of the molecule is CSCC[C@H](NC(=O)c1ccc(COCC2=CCCN2C(=O)OCc2ccccc2)cc1-c1ccccc1C)C(=O)O.[Li]. The van der Waals surface area contributed by atoms with Crippen LogP contribution in [0, 0.1) is 6.92 Å². The standard InChI is InChI=1S/C33H36N2O6S.Li/c1-23-9-6-7-13-27(23)29-19-25(14-15-28(29)31(36)34-30(32(37)38)16-18-42-2)20-40-22-26-12-8-17-35(26)33(39)41-21-24-10-4-3-5-11-24;/h3-7,9-15,19,30H,8,16-18,20-22H2,1-2H3,(H,34,36)(H,37,38);/t30-;/m0./s1. The Labute approximate surface area is 269 Å². The van der Waals surface area contributed by atoms with Gasteiger partial charge in [-0.05, 0) is 71.7 Å². The zero-order valence-corrected chi connectivity index (χ0v) is 25.7. The van der Waals surface area contributed by atoms with Crippen molar-refractivity contribution >= 4 is 48.6 Å². The molecule has 0 saturated carbocycles. The van der Waals surface area contributed by atoms with E-state index in [-0.39, 0.29) is 38.7 Å². The summed E-state index contributed by atoms with van der Waals surface area (Å²) in [5.41, 5.74) is 5.49. The number of carboxylic acids is 1. The Morgan fingerprint density at radius 3 is 2.42 bits per heavy atom. The van der Waals surface area contributed by atoms with Crippen molar-refractivity contribution in [1.82, 2.24) is 10.2 Å². The van der Waals surface area contributed by atoms with Gasteiger partial charge in [0, 0.05) is 36.7 Å². The summed E-state index contributed by atoms with van der Waals surface area (Å²) in [6, 6.07) is 21.7. The molecule has 221 valence electrons. The first-order chi connectivity index (χ1) is 20.4. The second-order valence-corrected chi connectivity index (χ2v) is 11.0. The molecule has 1 atom stereocenters. The first-order valence-corrected chi connectivity index (χ1v) is 15.2. The number of nitrogens with one attached hydrogen (secondary N) is 1. The Morgan fingerprint density at radius 2 is 1.70 bits per heavy atom. The third-order valence-corrected chi connectivity index (χ3v) is 7.65. The first-order valence-electron chi connectivity index (χ1n) is 13.8. The number of hydrogen-bond acceptors (Lipinski definition) is 6. The van der Waals surface area contributed by atoms with Crippen LogP contribution in [0.4, 0.5) is 4.79 Å². The van der Waals surface area contributed by atoms with E-state index in [0.717, 1.165) is 34.4 Å². The molecule has 0 aromatic heterocycles.